The molecule has 0 radical (unpaired) electrons. The zero-order valence-electron chi connectivity index (χ0n) is 15.4. The number of aromatic nitrogens is 4. The third-order valence-electron chi connectivity index (χ3n) is 4.04. The molecule has 0 aliphatic heterocycles. The summed E-state index contributed by atoms with van der Waals surface area (Å²) >= 11 is 0. The van der Waals surface area contributed by atoms with E-state index in [1.54, 1.807) is 18.3 Å². The predicted octanol–water partition coefficient (Wildman–Crippen LogP) is 3.07. The van der Waals surface area contributed by atoms with Crippen LogP contribution in [0.25, 0.3) is 16.8 Å². The number of fused-ring (bicyclic) bond motifs is 1. The lowest BCUT2D eigenvalue weighted by Gasteiger charge is -2.11. The highest BCUT2D eigenvalue weighted by Crippen LogP contribution is 2.26. The van der Waals surface area contributed by atoms with Gasteiger partial charge in [-0.25, -0.2) is 12.9 Å². The zero-order valence-corrected chi connectivity index (χ0v) is 16.2. The number of alkyl halides is 3. The van der Waals surface area contributed by atoms with Crippen LogP contribution in [-0.2, 0) is 10.0 Å². The van der Waals surface area contributed by atoms with Crippen molar-refractivity contribution in [2.24, 2.45) is 0 Å². The van der Waals surface area contributed by atoms with E-state index in [0.29, 0.717) is 16.8 Å². The Morgan fingerprint density at radius 1 is 1.03 bits per heavy atom. The second-order valence-electron chi connectivity index (χ2n) is 6.28. The number of anilines is 2. The number of nitrogens with two attached hydrogens (primary N) is 1. The van der Waals surface area contributed by atoms with Gasteiger partial charge in [0.15, 0.2) is 5.65 Å². The van der Waals surface area contributed by atoms with E-state index in [9.17, 15) is 21.6 Å². The van der Waals surface area contributed by atoms with Crippen LogP contribution in [-0.4, -0.2) is 34.4 Å². The van der Waals surface area contributed by atoms with E-state index in [1.807, 2.05) is 0 Å². The molecule has 0 atom stereocenters. The molecular weight excluding hydrogens is 437 g/mol. The van der Waals surface area contributed by atoms with Crippen molar-refractivity contribution < 1.29 is 26.3 Å². The molecule has 160 valence electrons. The fourth-order valence-electron chi connectivity index (χ4n) is 2.73. The summed E-state index contributed by atoms with van der Waals surface area (Å²) in [5.74, 6) is -0.370. The molecule has 0 saturated carbocycles. The van der Waals surface area contributed by atoms with Crippen molar-refractivity contribution in [2.75, 3.05) is 10.5 Å². The Morgan fingerprint density at radius 2 is 1.77 bits per heavy atom. The quantitative estimate of drug-likeness (QED) is 0.479. The summed E-state index contributed by atoms with van der Waals surface area (Å²) in [7, 11) is -4.06. The van der Waals surface area contributed by atoms with Gasteiger partial charge in [-0.15, -0.1) is 18.3 Å². The van der Waals surface area contributed by atoms with Crippen LogP contribution in [0.15, 0.2) is 66.0 Å². The van der Waals surface area contributed by atoms with Crippen LogP contribution in [0.1, 0.15) is 0 Å². The van der Waals surface area contributed by atoms with Gasteiger partial charge in [0.2, 0.25) is 5.95 Å². The van der Waals surface area contributed by atoms with Gasteiger partial charge in [0, 0.05) is 35.4 Å². The lowest BCUT2D eigenvalue weighted by atomic mass is 10.1. The Bertz CT molecular complexity index is 1350. The van der Waals surface area contributed by atoms with Crippen molar-refractivity contribution in [1.29, 1.82) is 0 Å². The van der Waals surface area contributed by atoms with Crippen LogP contribution in [0.4, 0.5) is 24.8 Å². The smallest absolute Gasteiger partial charge is 0.406 e. The summed E-state index contributed by atoms with van der Waals surface area (Å²) in [6.45, 7) is 0. The van der Waals surface area contributed by atoms with Crippen molar-refractivity contribution in [1.82, 2.24) is 19.6 Å². The van der Waals surface area contributed by atoms with Gasteiger partial charge in [-0.3, -0.25) is 9.71 Å². The summed E-state index contributed by atoms with van der Waals surface area (Å²) in [5, 5.41) is 4.01. The number of rotatable bonds is 5. The topological polar surface area (TPSA) is 124 Å². The standard InChI is InChI=1S/C18H13F3N6O3S/c19-18(20,21)30-14-4-2-13(3-5-14)26-31(28,29)15-7-12(8-23-9-15)11-1-6-16-24-17(22)25-27(16)10-11/h1-10,26H,(H2,22,25). The number of nitrogens with one attached hydrogen (secondary N) is 1. The first-order valence-corrected chi connectivity index (χ1v) is 10.0. The number of hydrogen-bond donors (Lipinski definition) is 2. The minimum absolute atomic E-state index is 0.0550. The molecule has 0 saturated heterocycles. The Hall–Kier alpha value is -3.87. The summed E-state index contributed by atoms with van der Waals surface area (Å²) in [5.41, 5.74) is 7.26. The third-order valence-corrected chi connectivity index (χ3v) is 5.39. The number of nitrogen functional groups attached to an aromatic ring is 1. The van der Waals surface area contributed by atoms with Crippen LogP contribution in [0.2, 0.25) is 0 Å². The molecule has 0 aliphatic carbocycles. The van der Waals surface area contributed by atoms with Crippen LogP contribution < -0.4 is 15.2 Å². The maximum atomic E-state index is 12.7. The molecule has 4 aromatic rings. The van der Waals surface area contributed by atoms with E-state index in [2.05, 4.69) is 24.5 Å². The highest BCUT2D eigenvalue weighted by Gasteiger charge is 2.31. The summed E-state index contributed by atoms with van der Waals surface area (Å²) in [6, 6.07) is 9.08. The van der Waals surface area contributed by atoms with Crippen LogP contribution in [0.5, 0.6) is 5.75 Å². The molecular formula is C18H13F3N6O3S. The predicted molar refractivity (Wildman–Crippen MR) is 105 cm³/mol. The molecule has 0 bridgehead atoms. The van der Waals surface area contributed by atoms with E-state index in [-0.39, 0.29) is 16.5 Å². The molecule has 3 heterocycles. The van der Waals surface area contributed by atoms with Gasteiger partial charge in [-0.1, -0.05) is 0 Å². The molecule has 0 amide bonds. The summed E-state index contributed by atoms with van der Waals surface area (Å²) in [4.78, 5) is 7.85. The highest BCUT2D eigenvalue weighted by atomic mass is 32.2. The number of hydrogen-bond acceptors (Lipinski definition) is 7. The van der Waals surface area contributed by atoms with Crippen molar-refractivity contribution >= 4 is 27.3 Å². The zero-order chi connectivity index (χ0) is 22.2. The van der Waals surface area contributed by atoms with Gasteiger partial charge in [0.1, 0.15) is 10.6 Å². The normalized spacial score (nSPS) is 12.1. The van der Waals surface area contributed by atoms with Gasteiger partial charge in [-0.05, 0) is 42.5 Å². The van der Waals surface area contributed by atoms with Gasteiger partial charge < -0.3 is 10.5 Å². The fraction of sp³-hybridized carbons (Fsp3) is 0.0556. The Morgan fingerprint density at radius 3 is 2.48 bits per heavy atom. The van der Waals surface area contributed by atoms with Crippen molar-refractivity contribution in [3.05, 3.63) is 61.1 Å². The van der Waals surface area contributed by atoms with Crippen molar-refractivity contribution in [3.8, 4) is 16.9 Å². The molecule has 0 spiro atoms. The number of nitrogens with zero attached hydrogens (tertiary/aromatic N) is 4. The second kappa shape index (κ2) is 7.43. The first-order chi connectivity index (χ1) is 14.6. The van der Waals surface area contributed by atoms with Gasteiger partial charge in [0.05, 0.1) is 0 Å². The summed E-state index contributed by atoms with van der Waals surface area (Å²) < 4.78 is 69.7. The molecule has 3 aromatic heterocycles. The van der Waals surface area contributed by atoms with Crippen LogP contribution in [0, 0.1) is 0 Å². The SMILES string of the molecule is Nc1nc2ccc(-c3cncc(S(=O)(=O)Nc4ccc(OC(F)(F)F)cc4)c3)cn2n1. The minimum Gasteiger partial charge on any atom is -0.406 e. The summed E-state index contributed by atoms with van der Waals surface area (Å²) in [6.07, 6.45) is -0.588. The van der Waals surface area contributed by atoms with E-state index in [4.69, 9.17) is 5.73 Å². The van der Waals surface area contributed by atoms with Gasteiger partial charge >= 0.3 is 6.36 Å². The van der Waals surface area contributed by atoms with Crippen LogP contribution in [0.3, 0.4) is 0 Å². The Balaban J connectivity index is 1.58. The number of pyridine rings is 2. The number of halogens is 3. The molecule has 0 aliphatic rings. The number of ether oxygens (including phenoxy) is 1. The van der Waals surface area contributed by atoms with E-state index in [1.165, 1.54) is 16.8 Å². The largest absolute Gasteiger partial charge is 0.573 e. The van der Waals surface area contributed by atoms with Gasteiger partial charge in [-0.2, -0.15) is 4.98 Å². The first kappa shape index (κ1) is 20.4. The first-order valence-electron chi connectivity index (χ1n) is 8.55. The van der Waals surface area contributed by atoms with E-state index < -0.39 is 22.1 Å². The molecule has 4 rings (SSSR count). The monoisotopic (exact) mass is 450 g/mol. The second-order valence-corrected chi connectivity index (χ2v) is 7.96. The number of benzene rings is 1. The molecule has 3 N–H and O–H groups in total. The van der Waals surface area contributed by atoms with Crippen LogP contribution >= 0.6 is 0 Å². The highest BCUT2D eigenvalue weighted by molar-refractivity contribution is 7.92. The molecule has 1 aromatic carbocycles. The lowest BCUT2D eigenvalue weighted by Crippen LogP contribution is -2.17. The molecule has 9 nitrogen and oxygen atoms in total. The molecule has 0 fully saturated rings. The molecule has 0 unspecified atom stereocenters. The Labute approximate surface area is 173 Å². The average Bonchev–Trinajstić information content (AvgIpc) is 3.07. The van der Waals surface area contributed by atoms with E-state index >= 15 is 0 Å². The van der Waals surface area contributed by atoms with Crippen molar-refractivity contribution in [2.45, 2.75) is 11.3 Å². The third kappa shape index (κ3) is 4.66. The fourth-order valence-corrected chi connectivity index (χ4v) is 3.78. The molecule has 31 heavy (non-hydrogen) atoms. The number of sulfonamides is 1. The maximum Gasteiger partial charge on any atom is 0.573 e. The van der Waals surface area contributed by atoms with Gasteiger partial charge in [0.25, 0.3) is 10.0 Å². The average molecular weight is 450 g/mol. The Kier molecular flexibility index (Phi) is 4.89. The van der Waals surface area contributed by atoms with Crippen molar-refractivity contribution in [3.63, 3.8) is 0 Å². The van der Waals surface area contributed by atoms with E-state index in [0.717, 1.165) is 30.5 Å². The maximum absolute atomic E-state index is 12.7. The molecule has 13 heteroatoms. The lowest BCUT2D eigenvalue weighted by molar-refractivity contribution is -0.274. The minimum atomic E-state index is -4.84.